The Morgan fingerprint density at radius 1 is 1.04 bits per heavy atom. The third-order valence-electron chi connectivity index (χ3n) is 4.13. The molecule has 2 heterocycles. The van der Waals surface area contributed by atoms with Crippen molar-refractivity contribution in [3.8, 4) is 11.1 Å². The maximum atomic E-state index is 12.9. The molecule has 0 atom stereocenters. The predicted molar refractivity (Wildman–Crippen MR) is 94.1 cm³/mol. The van der Waals surface area contributed by atoms with E-state index in [1.165, 1.54) is 18.4 Å². The molecule has 126 valence electrons. The van der Waals surface area contributed by atoms with Gasteiger partial charge < -0.3 is 14.5 Å². The molecule has 1 aliphatic heterocycles. The third kappa shape index (κ3) is 3.49. The van der Waals surface area contributed by atoms with Gasteiger partial charge in [-0.25, -0.2) is 0 Å². The summed E-state index contributed by atoms with van der Waals surface area (Å²) in [5.41, 5.74) is 2.03. The van der Waals surface area contributed by atoms with Crippen LogP contribution in [0.15, 0.2) is 41.8 Å². The van der Waals surface area contributed by atoms with Crippen molar-refractivity contribution in [2.24, 2.45) is 0 Å². The van der Waals surface area contributed by atoms with Gasteiger partial charge in [0.25, 0.3) is 5.91 Å². The molecule has 5 nitrogen and oxygen atoms in total. The van der Waals surface area contributed by atoms with Crippen molar-refractivity contribution in [1.29, 1.82) is 0 Å². The van der Waals surface area contributed by atoms with Crippen molar-refractivity contribution in [3.05, 3.63) is 46.7 Å². The van der Waals surface area contributed by atoms with Gasteiger partial charge in [-0.2, -0.15) is 0 Å². The minimum absolute atomic E-state index is 0.0225. The van der Waals surface area contributed by atoms with Crippen LogP contribution in [-0.4, -0.2) is 61.5 Å². The quantitative estimate of drug-likeness (QED) is 0.855. The first kappa shape index (κ1) is 16.7. The zero-order valence-corrected chi connectivity index (χ0v) is 14.4. The first-order chi connectivity index (χ1) is 11.7. The average Bonchev–Trinajstić information content (AvgIpc) is 3.12. The van der Waals surface area contributed by atoms with Gasteiger partial charge in [-0.15, -0.1) is 11.3 Å². The molecule has 2 amide bonds. The second kappa shape index (κ2) is 7.59. The van der Waals surface area contributed by atoms with Crippen LogP contribution in [0.5, 0.6) is 0 Å². The average molecular weight is 344 g/mol. The largest absolute Gasteiger partial charge is 0.375 e. The Morgan fingerprint density at radius 3 is 2.38 bits per heavy atom. The van der Waals surface area contributed by atoms with Gasteiger partial charge in [0.05, 0.1) is 4.88 Å². The fraction of sp³-hybridized carbons (Fsp3) is 0.333. The van der Waals surface area contributed by atoms with Crippen LogP contribution in [0.1, 0.15) is 9.67 Å². The Kier molecular flexibility index (Phi) is 5.27. The third-order valence-corrected chi connectivity index (χ3v) is 5.03. The standard InChI is InChI=1S/C18H20N2O3S/c1-23-13-16(21)19-8-10-20(11-9-19)18(22)17-15(7-12-24-17)14-5-3-2-4-6-14/h2-7,12H,8-11,13H2,1H3. The van der Waals surface area contributed by atoms with Crippen LogP contribution in [0.3, 0.4) is 0 Å². The van der Waals surface area contributed by atoms with Gasteiger partial charge >= 0.3 is 0 Å². The van der Waals surface area contributed by atoms with Gasteiger partial charge in [-0.3, -0.25) is 9.59 Å². The maximum Gasteiger partial charge on any atom is 0.264 e. The summed E-state index contributed by atoms with van der Waals surface area (Å²) in [7, 11) is 1.51. The van der Waals surface area contributed by atoms with Gasteiger partial charge in [-0.1, -0.05) is 30.3 Å². The first-order valence-corrected chi connectivity index (χ1v) is 8.77. The highest BCUT2D eigenvalue weighted by Crippen LogP contribution is 2.29. The fourth-order valence-corrected chi connectivity index (χ4v) is 3.72. The lowest BCUT2D eigenvalue weighted by Gasteiger charge is -2.34. The number of hydrogen-bond acceptors (Lipinski definition) is 4. The molecule has 24 heavy (non-hydrogen) atoms. The number of nitrogens with zero attached hydrogens (tertiary/aromatic N) is 2. The summed E-state index contributed by atoms with van der Waals surface area (Å²) in [6, 6.07) is 11.9. The number of ether oxygens (including phenoxy) is 1. The second-order valence-corrected chi connectivity index (χ2v) is 6.55. The van der Waals surface area contributed by atoms with Crippen LogP contribution in [0.2, 0.25) is 0 Å². The lowest BCUT2D eigenvalue weighted by atomic mass is 10.1. The van der Waals surface area contributed by atoms with Crippen molar-refractivity contribution in [3.63, 3.8) is 0 Å². The molecule has 0 N–H and O–H groups in total. The van der Waals surface area contributed by atoms with E-state index in [4.69, 9.17) is 4.74 Å². The number of benzene rings is 1. The van der Waals surface area contributed by atoms with Crippen LogP contribution in [-0.2, 0) is 9.53 Å². The highest BCUT2D eigenvalue weighted by molar-refractivity contribution is 7.12. The van der Waals surface area contributed by atoms with Crippen molar-refractivity contribution in [2.45, 2.75) is 0 Å². The van der Waals surface area contributed by atoms with Crippen LogP contribution >= 0.6 is 11.3 Å². The molecule has 2 aromatic rings. The minimum atomic E-state index is -0.0225. The van der Waals surface area contributed by atoms with Crippen molar-refractivity contribution < 1.29 is 14.3 Å². The van der Waals surface area contributed by atoms with Crippen LogP contribution in [0, 0.1) is 0 Å². The number of carbonyl (C=O) groups is 2. The van der Waals surface area contributed by atoms with Crippen molar-refractivity contribution >= 4 is 23.2 Å². The molecule has 0 unspecified atom stereocenters. The zero-order chi connectivity index (χ0) is 16.9. The molecule has 0 bridgehead atoms. The van der Waals surface area contributed by atoms with E-state index >= 15 is 0 Å². The Balaban J connectivity index is 1.69. The topological polar surface area (TPSA) is 49.9 Å². The van der Waals surface area contributed by atoms with Crippen LogP contribution < -0.4 is 0 Å². The van der Waals surface area contributed by atoms with Crippen LogP contribution in [0.25, 0.3) is 11.1 Å². The summed E-state index contributed by atoms with van der Waals surface area (Å²) >= 11 is 1.47. The monoisotopic (exact) mass is 344 g/mol. The van der Waals surface area contributed by atoms with E-state index in [1.54, 1.807) is 4.90 Å². The molecule has 1 saturated heterocycles. The highest BCUT2D eigenvalue weighted by Gasteiger charge is 2.26. The van der Waals surface area contributed by atoms with E-state index in [2.05, 4.69) is 0 Å². The molecule has 0 aliphatic carbocycles. The van der Waals surface area contributed by atoms with E-state index in [1.807, 2.05) is 46.7 Å². The fourth-order valence-electron chi connectivity index (χ4n) is 2.84. The lowest BCUT2D eigenvalue weighted by Crippen LogP contribution is -2.51. The van der Waals surface area contributed by atoms with Crippen molar-refractivity contribution in [2.75, 3.05) is 39.9 Å². The molecule has 1 aromatic heterocycles. The Labute approximate surface area is 145 Å². The van der Waals surface area contributed by atoms with Crippen LogP contribution in [0.4, 0.5) is 0 Å². The molecular formula is C18H20N2O3S. The number of amides is 2. The van der Waals surface area contributed by atoms with Gasteiger partial charge in [0.2, 0.25) is 5.91 Å². The summed E-state index contributed by atoms with van der Waals surface area (Å²) in [5, 5.41) is 1.95. The normalized spacial score (nSPS) is 14.7. The Bertz CT molecular complexity index is 706. The number of hydrogen-bond donors (Lipinski definition) is 0. The van der Waals surface area contributed by atoms with E-state index in [-0.39, 0.29) is 18.4 Å². The Morgan fingerprint density at radius 2 is 1.71 bits per heavy atom. The highest BCUT2D eigenvalue weighted by atomic mass is 32.1. The summed E-state index contributed by atoms with van der Waals surface area (Å²) in [6.45, 7) is 2.32. The number of piperazine rings is 1. The predicted octanol–water partition coefficient (Wildman–Crippen LogP) is 2.35. The van der Waals surface area contributed by atoms with E-state index in [9.17, 15) is 9.59 Å². The molecule has 0 radical (unpaired) electrons. The second-order valence-electron chi connectivity index (χ2n) is 5.64. The van der Waals surface area contributed by atoms with Crippen molar-refractivity contribution in [1.82, 2.24) is 9.80 Å². The number of rotatable bonds is 4. The summed E-state index contributed by atoms with van der Waals surface area (Å²) in [4.78, 5) is 29.0. The van der Waals surface area contributed by atoms with Gasteiger partial charge in [0.15, 0.2) is 0 Å². The summed E-state index contributed by atoms with van der Waals surface area (Å²) in [6.07, 6.45) is 0. The molecule has 3 rings (SSSR count). The first-order valence-electron chi connectivity index (χ1n) is 7.89. The lowest BCUT2D eigenvalue weighted by molar-refractivity contribution is -0.136. The van der Waals surface area contributed by atoms with Gasteiger partial charge in [0, 0.05) is 38.9 Å². The molecule has 6 heteroatoms. The number of carbonyl (C=O) groups excluding carboxylic acids is 2. The number of thiophene rings is 1. The van der Waals surface area contributed by atoms with Gasteiger partial charge in [-0.05, 0) is 17.0 Å². The summed E-state index contributed by atoms with van der Waals surface area (Å²) < 4.78 is 4.88. The zero-order valence-electron chi connectivity index (χ0n) is 13.6. The SMILES string of the molecule is COCC(=O)N1CCN(C(=O)c2sccc2-c2ccccc2)CC1. The summed E-state index contributed by atoms with van der Waals surface area (Å²) in [5.74, 6) is 0.0217. The molecule has 1 aliphatic rings. The van der Waals surface area contributed by atoms with E-state index in [0.717, 1.165) is 16.0 Å². The molecule has 0 spiro atoms. The maximum absolute atomic E-state index is 12.9. The molecule has 1 fully saturated rings. The smallest absolute Gasteiger partial charge is 0.264 e. The number of methoxy groups -OCH3 is 1. The minimum Gasteiger partial charge on any atom is -0.375 e. The Hall–Kier alpha value is -2.18. The van der Waals surface area contributed by atoms with E-state index < -0.39 is 0 Å². The molecule has 0 saturated carbocycles. The van der Waals surface area contributed by atoms with Gasteiger partial charge in [0.1, 0.15) is 6.61 Å². The van der Waals surface area contributed by atoms with E-state index in [0.29, 0.717) is 26.2 Å². The molecular weight excluding hydrogens is 324 g/mol. The molecule has 1 aromatic carbocycles.